The van der Waals surface area contributed by atoms with E-state index in [-0.39, 0.29) is 17.1 Å². The van der Waals surface area contributed by atoms with Crippen molar-refractivity contribution in [3.63, 3.8) is 0 Å². The van der Waals surface area contributed by atoms with E-state index in [4.69, 9.17) is 25.5 Å². The Hall–Kier alpha value is -2.39. The van der Waals surface area contributed by atoms with Gasteiger partial charge < -0.3 is 18.5 Å². The third kappa shape index (κ3) is 4.88. The summed E-state index contributed by atoms with van der Waals surface area (Å²) in [4.78, 5) is 13.1. The number of esters is 1. The summed E-state index contributed by atoms with van der Waals surface area (Å²) in [6.45, 7) is 21.8. The van der Waals surface area contributed by atoms with Crippen LogP contribution in [0, 0.1) is 13.8 Å². The number of hydrogen-bond acceptors (Lipinski definition) is 4. The number of nitrogens with one attached hydrogen (secondary N) is 1. The number of carbonyl (C=O) groups excluding carboxylic acids is 1. The zero-order valence-electron chi connectivity index (χ0n) is 24.0. The van der Waals surface area contributed by atoms with Gasteiger partial charge in [0.15, 0.2) is 21.0 Å². The number of aromatic amines is 1. The van der Waals surface area contributed by atoms with Crippen LogP contribution in [0.1, 0.15) is 60.7 Å². The van der Waals surface area contributed by atoms with Gasteiger partial charge in [-0.2, -0.15) is 5.10 Å². The molecule has 1 unspecified atom stereocenters. The van der Waals surface area contributed by atoms with Gasteiger partial charge in [0.1, 0.15) is 12.3 Å². The lowest BCUT2D eigenvalue weighted by molar-refractivity contribution is -0.768. The number of hydrogen-bond donors (Lipinski definition) is 1. The lowest BCUT2D eigenvalue weighted by Crippen LogP contribution is -2.46. The third-order valence-electron chi connectivity index (χ3n) is 8.17. The minimum absolute atomic E-state index is 0.144. The fraction of sp³-hybridized carbons (Fsp3) is 0.517. The summed E-state index contributed by atoms with van der Waals surface area (Å²) >= 11 is 6.94. The maximum absolute atomic E-state index is 13.1. The molecule has 0 radical (unpaired) electrons. The molecule has 0 saturated heterocycles. The van der Waals surface area contributed by atoms with Crippen LogP contribution in [0.5, 0.6) is 0 Å². The van der Waals surface area contributed by atoms with Crippen molar-refractivity contribution in [2.24, 2.45) is 0 Å². The van der Waals surface area contributed by atoms with Gasteiger partial charge in [0.25, 0.3) is 0 Å². The van der Waals surface area contributed by atoms with E-state index in [2.05, 4.69) is 54.8 Å². The fourth-order valence-electron chi connectivity index (χ4n) is 5.18. The van der Waals surface area contributed by atoms with Crippen LogP contribution in [-0.2, 0) is 27.0 Å². The molecule has 0 aliphatic carbocycles. The second kappa shape index (κ2) is 10.6. The van der Waals surface area contributed by atoms with E-state index in [1.165, 1.54) is 7.11 Å². The Morgan fingerprint density at radius 3 is 2.66 bits per heavy atom. The molecule has 7 nitrogen and oxygen atoms in total. The molecular formula is C29H41ClN3O4Si+. The predicted octanol–water partition coefficient (Wildman–Crippen LogP) is 6.65. The number of fused-ring (bicyclic) bond motifs is 2. The number of H-pyrrole nitrogens is 1. The largest absolute Gasteiger partial charge is 0.464 e. The molecule has 1 aliphatic heterocycles. The molecule has 4 rings (SSSR count). The van der Waals surface area contributed by atoms with Gasteiger partial charge in [-0.3, -0.25) is 0 Å². The summed E-state index contributed by atoms with van der Waals surface area (Å²) in [5, 5.41) is 5.19. The van der Waals surface area contributed by atoms with Gasteiger partial charge in [0.05, 0.1) is 18.4 Å². The standard InChI is InChI=1S/C29H40ClN3O4Si/c1-10-22-27-24(19(3)31-33(27)15-17-36-22)25-20(30)12-13-21-23(25)18(2)26(28(34)35-7)32(21)14-11-16-37-38(8,9)29(4,5)6/h10,12-13,22H,1,11,14-17H2,2-9H3/p+1. The molecule has 0 saturated carbocycles. The van der Waals surface area contributed by atoms with Gasteiger partial charge in [0, 0.05) is 34.6 Å². The number of benzene rings is 1. The highest BCUT2D eigenvalue weighted by molar-refractivity contribution is 6.74. The first-order valence-corrected chi connectivity index (χ1v) is 16.5. The quantitative estimate of drug-likeness (QED) is 0.110. The number of methoxy groups -OCH3 is 1. The summed E-state index contributed by atoms with van der Waals surface area (Å²) < 4.78 is 21.9. The molecule has 0 fully saturated rings. The highest BCUT2D eigenvalue weighted by Gasteiger charge is 2.38. The van der Waals surface area contributed by atoms with Gasteiger partial charge in [-0.15, -0.1) is 4.68 Å². The number of aryl methyl sites for hydroxylation is 3. The number of nitrogens with zero attached hydrogens (tertiary/aromatic N) is 2. The number of aromatic nitrogens is 3. The summed E-state index contributed by atoms with van der Waals surface area (Å²) in [6, 6.07) is 3.91. The average molecular weight is 559 g/mol. The van der Waals surface area contributed by atoms with E-state index < -0.39 is 8.32 Å². The first kappa shape index (κ1) is 28.6. The Balaban J connectivity index is 1.84. The molecule has 0 bridgehead atoms. The lowest BCUT2D eigenvalue weighted by Gasteiger charge is -2.36. The maximum atomic E-state index is 13.1. The molecule has 38 heavy (non-hydrogen) atoms. The molecule has 0 spiro atoms. The van der Waals surface area contributed by atoms with Crippen LogP contribution in [0.15, 0.2) is 24.8 Å². The first-order valence-electron chi connectivity index (χ1n) is 13.2. The van der Waals surface area contributed by atoms with Gasteiger partial charge in [-0.1, -0.05) is 45.0 Å². The fourth-order valence-corrected chi connectivity index (χ4v) is 6.52. The van der Waals surface area contributed by atoms with E-state index in [0.717, 1.165) is 51.9 Å². The Morgan fingerprint density at radius 1 is 1.32 bits per heavy atom. The Bertz CT molecular complexity index is 1380. The molecule has 1 aliphatic rings. The van der Waals surface area contributed by atoms with Crippen molar-refractivity contribution in [3.05, 3.63) is 52.5 Å². The van der Waals surface area contributed by atoms with Crippen molar-refractivity contribution in [3.8, 4) is 11.1 Å². The van der Waals surface area contributed by atoms with Crippen LogP contribution < -0.4 is 4.68 Å². The Labute approximate surface area is 231 Å². The van der Waals surface area contributed by atoms with Crippen molar-refractivity contribution < 1.29 is 23.4 Å². The predicted molar refractivity (Wildman–Crippen MR) is 154 cm³/mol. The Morgan fingerprint density at radius 2 is 2.03 bits per heavy atom. The van der Waals surface area contributed by atoms with Crippen LogP contribution in [0.2, 0.25) is 23.2 Å². The molecule has 1 N–H and O–H groups in total. The number of rotatable bonds is 8. The van der Waals surface area contributed by atoms with E-state index in [0.29, 0.717) is 30.5 Å². The van der Waals surface area contributed by atoms with Crippen molar-refractivity contribution in [1.82, 2.24) is 9.67 Å². The number of halogens is 1. The van der Waals surface area contributed by atoms with E-state index >= 15 is 0 Å². The summed E-state index contributed by atoms with van der Waals surface area (Å²) in [6.07, 6.45) is 2.33. The monoisotopic (exact) mass is 558 g/mol. The van der Waals surface area contributed by atoms with Crippen LogP contribution in [0.4, 0.5) is 0 Å². The van der Waals surface area contributed by atoms with Crippen LogP contribution >= 0.6 is 11.6 Å². The lowest BCUT2D eigenvalue weighted by atomic mass is 9.95. The number of carbonyl (C=O) groups is 1. The minimum Gasteiger partial charge on any atom is -0.464 e. The molecule has 2 aromatic heterocycles. The molecular weight excluding hydrogens is 518 g/mol. The van der Waals surface area contributed by atoms with Crippen molar-refractivity contribution in [2.45, 2.75) is 78.4 Å². The van der Waals surface area contributed by atoms with Gasteiger partial charge >= 0.3 is 5.97 Å². The molecule has 3 aromatic rings. The van der Waals surface area contributed by atoms with E-state index in [9.17, 15) is 4.79 Å². The third-order valence-corrected chi connectivity index (χ3v) is 13.0. The molecule has 3 heterocycles. The molecule has 0 amide bonds. The van der Waals surface area contributed by atoms with E-state index in [1.807, 2.05) is 32.1 Å². The zero-order valence-corrected chi connectivity index (χ0v) is 25.7. The maximum Gasteiger partial charge on any atom is 0.354 e. The molecule has 1 aromatic carbocycles. The SMILES string of the molecule is C=CC1OCC[n+]2[nH]c(C)c(-c3c(Cl)ccc4c3c(C)c(C(=O)OC)n4CCCO[Si](C)(C)C(C)(C)C)c21. The zero-order chi connectivity index (χ0) is 28.0. The van der Waals surface area contributed by atoms with Gasteiger partial charge in [-0.25, -0.2) is 4.79 Å². The molecule has 9 heteroatoms. The second-order valence-electron chi connectivity index (χ2n) is 11.6. The van der Waals surface area contributed by atoms with Crippen molar-refractivity contribution in [1.29, 1.82) is 0 Å². The Kier molecular flexibility index (Phi) is 8.01. The van der Waals surface area contributed by atoms with Gasteiger partial charge in [0.2, 0.25) is 5.69 Å². The van der Waals surface area contributed by atoms with E-state index in [1.54, 1.807) is 0 Å². The highest BCUT2D eigenvalue weighted by atomic mass is 35.5. The van der Waals surface area contributed by atoms with Crippen LogP contribution in [0.25, 0.3) is 22.0 Å². The number of ether oxygens (including phenoxy) is 2. The van der Waals surface area contributed by atoms with Gasteiger partial charge in [-0.05, 0) is 56.1 Å². The molecule has 1 atom stereocenters. The topological polar surface area (TPSA) is 69.4 Å². The first-order chi connectivity index (χ1) is 17.8. The summed E-state index contributed by atoms with van der Waals surface area (Å²) in [5.41, 5.74) is 6.20. The normalized spacial score (nSPS) is 16.1. The average Bonchev–Trinajstić information content (AvgIpc) is 3.33. The van der Waals surface area contributed by atoms with Crippen molar-refractivity contribution in [2.75, 3.05) is 20.3 Å². The molecule has 206 valence electrons. The summed E-state index contributed by atoms with van der Waals surface area (Å²) in [7, 11) is -0.437. The summed E-state index contributed by atoms with van der Waals surface area (Å²) in [5.74, 6) is -0.361. The van der Waals surface area contributed by atoms with Crippen molar-refractivity contribution >= 4 is 36.8 Å². The minimum atomic E-state index is -1.86. The van der Waals surface area contributed by atoms with Crippen LogP contribution in [-0.4, -0.2) is 44.3 Å². The van der Waals surface area contributed by atoms with Crippen LogP contribution in [0.3, 0.4) is 0 Å². The smallest absolute Gasteiger partial charge is 0.354 e. The highest BCUT2D eigenvalue weighted by Crippen LogP contribution is 2.44. The second-order valence-corrected chi connectivity index (χ2v) is 16.8.